The quantitative estimate of drug-likeness (QED) is 0.118. The van der Waals surface area contributed by atoms with Crippen LogP contribution in [0.4, 0.5) is 0 Å². The Morgan fingerprint density at radius 1 is 0.375 bits per heavy atom. The minimum absolute atomic E-state index is 0.172. The zero-order chi connectivity index (χ0) is 79.0. The van der Waals surface area contributed by atoms with Crippen molar-refractivity contribution < 1.29 is 13.9 Å². The van der Waals surface area contributed by atoms with E-state index < -0.39 is 0 Å². The number of imidazole rings is 2. The number of thiazole rings is 1. The molecule has 10 nitrogen and oxygen atoms in total. The van der Waals surface area contributed by atoms with E-state index in [4.69, 9.17) is 18.9 Å². The molecule has 0 unspecified atom stereocenters. The minimum atomic E-state index is 0.172. The molecule has 13 heteroatoms. The lowest BCUT2D eigenvalue weighted by Gasteiger charge is -2.33. The average Bonchev–Trinajstić information content (AvgIpc) is 0.891. The van der Waals surface area contributed by atoms with E-state index in [-0.39, 0.29) is 13.4 Å². The number of ether oxygens (including phenoxy) is 2. The molecular weight excluding hydrogens is 1390 g/mol. The summed E-state index contributed by atoms with van der Waals surface area (Å²) in [6.45, 7) is 40.0. The van der Waals surface area contributed by atoms with E-state index in [1.54, 1.807) is 11.3 Å². The number of aromatic nitrogens is 7. The van der Waals surface area contributed by atoms with E-state index in [9.17, 15) is 0 Å². The monoisotopic (exact) mass is 1490 g/mol. The molecule has 0 N–H and O–H groups in total. The molecule has 11 aromatic carbocycles. The Morgan fingerprint density at radius 2 is 0.839 bits per heavy atom. The smallest absolute Gasteiger partial charge is 0.260 e. The molecule has 0 bridgehead atoms. The second kappa shape index (κ2) is 34.9. The van der Waals surface area contributed by atoms with Crippen LogP contribution in [0.15, 0.2) is 265 Å². The van der Waals surface area contributed by atoms with Crippen LogP contribution >= 0.6 is 11.3 Å². The summed E-state index contributed by atoms with van der Waals surface area (Å²) in [5.41, 5.74) is 28.1. The summed E-state index contributed by atoms with van der Waals surface area (Å²) in [7, 11) is 0. The number of nitrogens with zero attached hydrogens (tertiary/aromatic N) is 7. The molecule has 0 saturated carbocycles. The zero-order valence-corrected chi connectivity index (χ0v) is 69.0. The fraction of sp³-hybridized carbons (Fsp3) is 0.242. The second-order valence-corrected chi connectivity index (χ2v) is 32.5. The molecule has 0 fully saturated rings. The van der Waals surface area contributed by atoms with E-state index in [1.807, 2.05) is 91.1 Å². The van der Waals surface area contributed by atoms with Gasteiger partial charge in [0.1, 0.15) is 45.7 Å². The molecule has 0 atom stereocenters. The van der Waals surface area contributed by atoms with Crippen LogP contribution < -0.4 is 42.3 Å². The van der Waals surface area contributed by atoms with Gasteiger partial charge in [0, 0.05) is 46.7 Å². The van der Waals surface area contributed by atoms with E-state index in [2.05, 4.69) is 324 Å². The lowest BCUT2D eigenvalue weighted by molar-refractivity contribution is 0.462. The summed E-state index contributed by atoms with van der Waals surface area (Å²) in [5, 5.41) is 1.23. The third-order valence-corrected chi connectivity index (χ3v) is 22.0. The first-order valence-electron chi connectivity index (χ1n) is 39.6. The summed E-state index contributed by atoms with van der Waals surface area (Å²) in [5.74, 6) is 9.36. The van der Waals surface area contributed by atoms with E-state index in [1.165, 1.54) is 92.7 Å². The van der Waals surface area contributed by atoms with Gasteiger partial charge in [-0.3, -0.25) is 9.13 Å². The molecule has 564 valence electrons. The topological polar surface area (TPSA) is 106 Å². The number of fused-ring (bicyclic) bond motifs is 8. The van der Waals surface area contributed by atoms with Crippen LogP contribution in [0, 0.1) is 41.5 Å². The molecular formula is C99H103B2N7O3S. The van der Waals surface area contributed by atoms with E-state index in [0.717, 1.165) is 85.0 Å². The van der Waals surface area contributed by atoms with Gasteiger partial charge in [-0.1, -0.05) is 291 Å². The van der Waals surface area contributed by atoms with Gasteiger partial charge >= 0.3 is 0 Å². The second-order valence-electron chi connectivity index (χ2n) is 31.5. The Kier molecular flexibility index (Phi) is 24.5. The zero-order valence-electron chi connectivity index (χ0n) is 68.2. The van der Waals surface area contributed by atoms with Gasteiger partial charge in [-0.05, 0) is 172 Å². The van der Waals surface area contributed by atoms with Crippen LogP contribution in [0.5, 0.6) is 23.0 Å². The Morgan fingerprint density at radius 3 is 1.36 bits per heavy atom. The molecule has 2 aliphatic heterocycles. The third kappa shape index (κ3) is 17.4. The maximum Gasteiger partial charge on any atom is 0.260 e. The molecule has 112 heavy (non-hydrogen) atoms. The molecule has 0 radical (unpaired) electrons. The maximum absolute atomic E-state index is 6.25. The van der Waals surface area contributed by atoms with Gasteiger partial charge in [-0.25, -0.2) is 24.9 Å². The van der Waals surface area contributed by atoms with E-state index in [0.29, 0.717) is 35.5 Å². The van der Waals surface area contributed by atoms with Gasteiger partial charge < -0.3 is 13.9 Å². The number of para-hydroxylation sites is 9. The van der Waals surface area contributed by atoms with Gasteiger partial charge in [0.2, 0.25) is 6.71 Å². The summed E-state index contributed by atoms with van der Waals surface area (Å²) in [6.07, 6.45) is 1.81. The highest BCUT2D eigenvalue weighted by molar-refractivity contribution is 7.18. The van der Waals surface area contributed by atoms with Crippen molar-refractivity contribution in [3.8, 4) is 34.4 Å². The molecule has 0 spiro atoms. The van der Waals surface area contributed by atoms with Crippen molar-refractivity contribution in [2.45, 2.75) is 160 Å². The highest BCUT2D eigenvalue weighted by Gasteiger charge is 2.40. The standard InChI is InChI=1S/C27H33B.C21H17BO2.C16H16N2.C15H15N3.C10H11NO.C10H11NS/c1-17(2)24-9-11-25(12-10-24)28(26-20(5)13-18(3)14-21(26)6)27-22(7)15-19(4)16-23(27)8;1-13(2)14-11-19-21-20(12-14)24-18-10-6-4-8-16(18)22(21)15-7-3-5-9-17(15)23-19;1-12(2)16-17-14-10-6-7-11-15(14)18(16)13-8-4-3-5-9-13;1-11(2)14-17-13-9-6-10-16-15(13)18(14)12-7-4-3-5-8-12;2*1-7(2)10-11-8-5-3-4-6-9(8)12-10/h9-17H,1-8H3;3-13H,1-2H3;3-12H,1-2H3;3-11H,1-2H3;2*3-7H,1-2H3. The predicted molar refractivity (Wildman–Crippen MR) is 475 cm³/mol. The molecule has 0 saturated heterocycles. The van der Waals surface area contributed by atoms with Crippen molar-refractivity contribution in [3.63, 3.8) is 0 Å². The number of benzene rings is 11. The van der Waals surface area contributed by atoms with Crippen molar-refractivity contribution in [1.29, 1.82) is 0 Å². The Bertz CT molecular complexity index is 5470. The van der Waals surface area contributed by atoms with Crippen LogP contribution in [0.25, 0.3) is 54.9 Å². The fourth-order valence-electron chi connectivity index (χ4n) is 15.3. The lowest BCUT2D eigenvalue weighted by atomic mass is 9.34. The Hall–Kier alpha value is -11.4. The van der Waals surface area contributed by atoms with Gasteiger partial charge in [-0.15, -0.1) is 11.3 Å². The number of rotatable bonds is 11. The molecule has 18 rings (SSSR count). The largest absolute Gasteiger partial charge is 0.458 e. The maximum atomic E-state index is 6.25. The lowest BCUT2D eigenvalue weighted by Crippen LogP contribution is -2.57. The number of hydrogen-bond acceptors (Lipinski definition) is 9. The fourth-order valence-corrected chi connectivity index (χ4v) is 16.3. The van der Waals surface area contributed by atoms with Crippen molar-refractivity contribution in [1.82, 2.24) is 34.1 Å². The van der Waals surface area contributed by atoms with Crippen LogP contribution in [-0.4, -0.2) is 47.5 Å². The first kappa shape index (κ1) is 78.7. The van der Waals surface area contributed by atoms with Gasteiger partial charge in [0.15, 0.2) is 17.1 Å². The summed E-state index contributed by atoms with van der Waals surface area (Å²) in [6, 6.07) is 88.6. The first-order valence-corrected chi connectivity index (χ1v) is 40.4. The molecule has 0 aliphatic carbocycles. The highest BCUT2D eigenvalue weighted by atomic mass is 32.1. The SMILES string of the molecule is CC(C)c1cc2c3c(c1)Oc1ccccc1B3c1ccccc1O2.CC(C)c1nc2ccccc2n1-c1ccccc1.CC(C)c1nc2ccccc2o1.CC(C)c1nc2ccccc2s1.CC(C)c1nc2cccnc2n1-c1ccccc1.Cc1cc(C)c(B(c2ccc(C(C)C)cc2)c2c(C)cc(C)cc2C)c(C)c1. The number of hydrogen-bond donors (Lipinski definition) is 0. The van der Waals surface area contributed by atoms with Crippen molar-refractivity contribution >= 4 is 101 Å². The number of pyridine rings is 1. The van der Waals surface area contributed by atoms with Gasteiger partial charge in [0.25, 0.3) is 6.71 Å². The number of aryl methyl sites for hydroxylation is 6. The van der Waals surface area contributed by atoms with Gasteiger partial charge in [0.05, 0.1) is 26.3 Å². The Balaban J connectivity index is 0.000000121. The summed E-state index contributed by atoms with van der Waals surface area (Å²) in [4.78, 5) is 22.8. The number of oxazole rings is 1. The van der Waals surface area contributed by atoms with E-state index >= 15 is 0 Å². The first-order chi connectivity index (χ1) is 54.0. The molecule has 2 aliphatic rings. The van der Waals surface area contributed by atoms with Gasteiger partial charge in [-0.2, -0.15) is 0 Å². The summed E-state index contributed by atoms with van der Waals surface area (Å²) >= 11 is 1.79. The molecule has 16 aromatic rings. The molecule has 7 heterocycles. The van der Waals surface area contributed by atoms with Crippen LogP contribution in [-0.2, 0) is 0 Å². The van der Waals surface area contributed by atoms with Crippen molar-refractivity contribution in [2.24, 2.45) is 0 Å². The normalized spacial score (nSPS) is 11.7. The molecule has 5 aromatic heterocycles. The van der Waals surface area contributed by atoms with Crippen molar-refractivity contribution in [3.05, 3.63) is 328 Å². The highest BCUT2D eigenvalue weighted by Crippen LogP contribution is 2.38. The minimum Gasteiger partial charge on any atom is -0.458 e. The third-order valence-electron chi connectivity index (χ3n) is 20.7. The van der Waals surface area contributed by atoms with Crippen LogP contribution in [0.3, 0.4) is 0 Å². The Labute approximate surface area is 667 Å². The predicted octanol–water partition coefficient (Wildman–Crippen LogP) is 22.8. The molecule has 0 amide bonds. The van der Waals surface area contributed by atoms with Crippen LogP contribution in [0.2, 0.25) is 0 Å². The summed E-state index contributed by atoms with van der Waals surface area (Å²) < 4.78 is 23.7. The average molecular weight is 1490 g/mol. The van der Waals surface area contributed by atoms with Crippen molar-refractivity contribution in [2.75, 3.05) is 0 Å². The van der Waals surface area contributed by atoms with Crippen LogP contribution in [0.1, 0.15) is 186 Å².